The molecule has 0 spiro atoms. The minimum Gasteiger partial charge on any atom is -0.416 e. The monoisotopic (exact) mass is 281 g/mol. The molecule has 1 aromatic heterocycles. The molecule has 0 radical (unpaired) electrons. The number of hydrogen-bond acceptors (Lipinski definition) is 5. The molecule has 3 aromatic rings. The van der Waals surface area contributed by atoms with Crippen molar-refractivity contribution in [2.75, 3.05) is 0 Å². The lowest BCUT2D eigenvalue weighted by molar-refractivity contribution is -0.384. The van der Waals surface area contributed by atoms with Crippen LogP contribution in [0.3, 0.4) is 0 Å². The predicted octanol–water partition coefficient (Wildman–Crippen LogP) is 3.62. The Labute approximate surface area is 120 Å². The molecule has 0 aliphatic heterocycles. The molecule has 0 aliphatic carbocycles. The van der Waals surface area contributed by atoms with Gasteiger partial charge in [0.25, 0.3) is 5.69 Å². The van der Waals surface area contributed by atoms with Crippen molar-refractivity contribution in [3.05, 3.63) is 64.2 Å². The van der Waals surface area contributed by atoms with Crippen molar-refractivity contribution in [3.63, 3.8) is 0 Å². The van der Waals surface area contributed by atoms with Gasteiger partial charge in [0, 0.05) is 23.3 Å². The summed E-state index contributed by atoms with van der Waals surface area (Å²) in [6.45, 7) is 1.98. The molecule has 0 bridgehead atoms. The van der Waals surface area contributed by atoms with E-state index in [2.05, 4.69) is 10.2 Å². The minimum atomic E-state index is -0.449. The highest BCUT2D eigenvalue weighted by atomic mass is 16.6. The summed E-state index contributed by atoms with van der Waals surface area (Å²) in [6.07, 6.45) is 0. The van der Waals surface area contributed by atoms with Gasteiger partial charge < -0.3 is 4.42 Å². The second-order valence-corrected chi connectivity index (χ2v) is 4.59. The molecule has 6 nitrogen and oxygen atoms in total. The summed E-state index contributed by atoms with van der Waals surface area (Å²) >= 11 is 0. The summed E-state index contributed by atoms with van der Waals surface area (Å²) in [6, 6.07) is 13.7. The molecule has 1 heterocycles. The van der Waals surface area contributed by atoms with Gasteiger partial charge in [-0.3, -0.25) is 10.1 Å². The van der Waals surface area contributed by atoms with Gasteiger partial charge in [-0.2, -0.15) is 0 Å². The van der Waals surface area contributed by atoms with Crippen molar-refractivity contribution in [1.82, 2.24) is 10.2 Å². The average molecular weight is 281 g/mol. The lowest BCUT2D eigenvalue weighted by Crippen LogP contribution is -1.87. The predicted molar refractivity (Wildman–Crippen MR) is 76.6 cm³/mol. The van der Waals surface area contributed by atoms with Gasteiger partial charge >= 0.3 is 0 Å². The third-order valence-corrected chi connectivity index (χ3v) is 3.02. The summed E-state index contributed by atoms with van der Waals surface area (Å²) in [5.41, 5.74) is 2.61. The highest BCUT2D eigenvalue weighted by Gasteiger charge is 2.12. The second-order valence-electron chi connectivity index (χ2n) is 4.59. The molecular weight excluding hydrogens is 270 g/mol. The van der Waals surface area contributed by atoms with Gasteiger partial charge in [-0.05, 0) is 31.2 Å². The van der Waals surface area contributed by atoms with Crippen LogP contribution in [0.15, 0.2) is 52.9 Å². The van der Waals surface area contributed by atoms with E-state index >= 15 is 0 Å². The van der Waals surface area contributed by atoms with Crippen LogP contribution in [0.2, 0.25) is 0 Å². The first kappa shape index (κ1) is 13.0. The third kappa shape index (κ3) is 2.64. The molecular formula is C15H11N3O3. The van der Waals surface area contributed by atoms with Gasteiger partial charge in [-0.25, -0.2) is 0 Å². The van der Waals surface area contributed by atoms with Crippen molar-refractivity contribution in [2.45, 2.75) is 6.92 Å². The Bertz CT molecular complexity index is 794. The average Bonchev–Trinajstić information content (AvgIpc) is 2.97. The van der Waals surface area contributed by atoms with E-state index in [4.69, 9.17) is 4.42 Å². The summed E-state index contributed by atoms with van der Waals surface area (Å²) < 4.78 is 5.62. The largest absolute Gasteiger partial charge is 0.416 e. The van der Waals surface area contributed by atoms with E-state index in [1.165, 1.54) is 12.1 Å². The first-order valence-electron chi connectivity index (χ1n) is 6.29. The maximum Gasteiger partial charge on any atom is 0.269 e. The van der Waals surface area contributed by atoms with Crippen LogP contribution in [-0.4, -0.2) is 15.1 Å². The molecule has 0 amide bonds. The van der Waals surface area contributed by atoms with Gasteiger partial charge in [0.2, 0.25) is 11.8 Å². The molecule has 104 valence electrons. The van der Waals surface area contributed by atoms with Crippen LogP contribution in [-0.2, 0) is 0 Å². The quantitative estimate of drug-likeness (QED) is 0.541. The lowest BCUT2D eigenvalue weighted by atomic mass is 10.1. The summed E-state index contributed by atoms with van der Waals surface area (Å²) in [5, 5.41) is 18.6. The maximum absolute atomic E-state index is 10.6. The molecule has 0 unspecified atom stereocenters. The Kier molecular flexibility index (Phi) is 3.19. The smallest absolute Gasteiger partial charge is 0.269 e. The van der Waals surface area contributed by atoms with Gasteiger partial charge in [-0.1, -0.05) is 17.7 Å². The van der Waals surface area contributed by atoms with Crippen molar-refractivity contribution in [1.29, 1.82) is 0 Å². The highest BCUT2D eigenvalue weighted by Crippen LogP contribution is 2.25. The van der Waals surface area contributed by atoms with Crippen LogP contribution in [0, 0.1) is 17.0 Å². The number of benzene rings is 2. The first-order valence-corrected chi connectivity index (χ1v) is 6.29. The zero-order valence-electron chi connectivity index (χ0n) is 11.2. The van der Waals surface area contributed by atoms with Crippen LogP contribution < -0.4 is 0 Å². The fourth-order valence-electron chi connectivity index (χ4n) is 1.96. The number of nitro benzene ring substituents is 1. The van der Waals surface area contributed by atoms with Crippen molar-refractivity contribution < 1.29 is 9.34 Å². The van der Waals surface area contributed by atoms with E-state index in [0.717, 1.165) is 11.1 Å². The van der Waals surface area contributed by atoms with Crippen LogP contribution in [0.1, 0.15) is 5.56 Å². The molecule has 0 aliphatic rings. The van der Waals surface area contributed by atoms with E-state index in [1.807, 2.05) is 31.2 Å². The van der Waals surface area contributed by atoms with Gasteiger partial charge in [0.1, 0.15) is 0 Å². The van der Waals surface area contributed by atoms with Crippen LogP contribution in [0.4, 0.5) is 5.69 Å². The molecule has 6 heteroatoms. The molecule has 21 heavy (non-hydrogen) atoms. The van der Waals surface area contributed by atoms with Gasteiger partial charge in [-0.15, -0.1) is 10.2 Å². The normalized spacial score (nSPS) is 10.5. The van der Waals surface area contributed by atoms with E-state index < -0.39 is 4.92 Å². The lowest BCUT2D eigenvalue weighted by Gasteiger charge is -1.96. The number of non-ortho nitro benzene ring substituents is 1. The molecule has 2 aromatic carbocycles. The highest BCUT2D eigenvalue weighted by molar-refractivity contribution is 5.59. The van der Waals surface area contributed by atoms with Crippen LogP contribution in [0.25, 0.3) is 22.9 Å². The van der Waals surface area contributed by atoms with Crippen molar-refractivity contribution in [3.8, 4) is 22.9 Å². The van der Waals surface area contributed by atoms with Gasteiger partial charge in [0.05, 0.1) is 4.92 Å². The van der Waals surface area contributed by atoms with Crippen LogP contribution >= 0.6 is 0 Å². The Balaban J connectivity index is 1.93. The minimum absolute atomic E-state index is 0.0252. The summed E-state index contributed by atoms with van der Waals surface area (Å²) in [4.78, 5) is 10.2. The first-order chi connectivity index (χ1) is 10.1. The number of nitrogens with zero attached hydrogens (tertiary/aromatic N) is 3. The molecule has 0 saturated carbocycles. The fraction of sp³-hybridized carbons (Fsp3) is 0.0667. The van der Waals surface area contributed by atoms with E-state index in [1.54, 1.807) is 12.1 Å². The van der Waals surface area contributed by atoms with E-state index in [9.17, 15) is 10.1 Å². The number of aryl methyl sites for hydroxylation is 1. The second kappa shape index (κ2) is 5.16. The third-order valence-electron chi connectivity index (χ3n) is 3.02. The molecule has 0 atom stereocenters. The standard InChI is InChI=1S/C15H11N3O3/c1-10-3-2-4-12(9-10)15-17-16-14(21-15)11-5-7-13(8-6-11)18(19)20/h2-9H,1H3. The summed E-state index contributed by atoms with van der Waals surface area (Å²) in [5.74, 6) is 0.758. The Morgan fingerprint density at radius 2 is 1.67 bits per heavy atom. The summed E-state index contributed by atoms with van der Waals surface area (Å²) in [7, 11) is 0. The topological polar surface area (TPSA) is 82.1 Å². The molecule has 0 fully saturated rings. The zero-order chi connectivity index (χ0) is 14.8. The van der Waals surface area contributed by atoms with E-state index in [-0.39, 0.29) is 5.69 Å². The number of aromatic nitrogens is 2. The Morgan fingerprint density at radius 1 is 1.00 bits per heavy atom. The zero-order valence-corrected chi connectivity index (χ0v) is 11.2. The fourth-order valence-corrected chi connectivity index (χ4v) is 1.96. The van der Waals surface area contributed by atoms with Crippen molar-refractivity contribution in [2.24, 2.45) is 0 Å². The van der Waals surface area contributed by atoms with Crippen molar-refractivity contribution >= 4 is 5.69 Å². The molecule has 3 rings (SSSR count). The number of hydrogen-bond donors (Lipinski definition) is 0. The Hall–Kier alpha value is -3.02. The molecule has 0 N–H and O–H groups in total. The molecule has 0 saturated heterocycles. The van der Waals surface area contributed by atoms with E-state index in [0.29, 0.717) is 17.3 Å². The number of rotatable bonds is 3. The van der Waals surface area contributed by atoms with Crippen LogP contribution in [0.5, 0.6) is 0 Å². The SMILES string of the molecule is Cc1cccc(-c2nnc(-c3ccc([N+](=O)[O-])cc3)o2)c1. The maximum atomic E-state index is 10.6. The van der Waals surface area contributed by atoms with Gasteiger partial charge in [0.15, 0.2) is 0 Å². The number of nitro groups is 1. The Morgan fingerprint density at radius 3 is 2.29 bits per heavy atom.